The van der Waals surface area contributed by atoms with Gasteiger partial charge in [0.15, 0.2) is 0 Å². The number of hydrogen-bond acceptors (Lipinski definition) is 3. The summed E-state index contributed by atoms with van der Waals surface area (Å²) in [5.41, 5.74) is 3.09. The standard InChI is InChI=1S/C20H25N3O3/c1-15-5-3-6-17(13-15)9-10-21-20(25)22-11-12-26-19-8-4-7-18(14-19)23-16(2)24/h3-8,13-14H,9-12H2,1-2H3,(H,23,24)(H2,21,22,25). The molecule has 6 heteroatoms. The normalized spacial score (nSPS) is 10.1. The number of benzene rings is 2. The molecule has 0 radical (unpaired) electrons. The van der Waals surface area contributed by atoms with E-state index in [1.807, 2.05) is 6.07 Å². The van der Waals surface area contributed by atoms with E-state index in [0.29, 0.717) is 31.1 Å². The molecule has 0 atom stereocenters. The minimum atomic E-state index is -0.215. The van der Waals surface area contributed by atoms with Crippen molar-refractivity contribution in [2.75, 3.05) is 25.0 Å². The molecule has 0 aromatic heterocycles. The lowest BCUT2D eigenvalue weighted by Gasteiger charge is -2.10. The van der Waals surface area contributed by atoms with Crippen molar-refractivity contribution in [3.8, 4) is 5.75 Å². The van der Waals surface area contributed by atoms with Crippen molar-refractivity contribution in [2.45, 2.75) is 20.3 Å². The third-order valence-corrected chi connectivity index (χ3v) is 3.59. The predicted molar refractivity (Wildman–Crippen MR) is 103 cm³/mol. The molecule has 0 saturated heterocycles. The number of ether oxygens (including phenoxy) is 1. The van der Waals surface area contributed by atoms with Crippen LogP contribution in [-0.4, -0.2) is 31.6 Å². The Labute approximate surface area is 153 Å². The molecule has 0 aliphatic carbocycles. The highest BCUT2D eigenvalue weighted by Crippen LogP contribution is 2.16. The number of carbonyl (C=O) groups excluding carboxylic acids is 2. The summed E-state index contributed by atoms with van der Waals surface area (Å²) in [6, 6.07) is 15.1. The van der Waals surface area contributed by atoms with Crippen molar-refractivity contribution in [3.05, 3.63) is 59.7 Å². The quantitative estimate of drug-likeness (QED) is 0.637. The largest absolute Gasteiger partial charge is 0.492 e. The Hall–Kier alpha value is -3.02. The molecule has 2 aromatic rings. The lowest BCUT2D eigenvalue weighted by atomic mass is 10.1. The van der Waals surface area contributed by atoms with Crippen molar-refractivity contribution in [1.82, 2.24) is 10.6 Å². The third-order valence-electron chi connectivity index (χ3n) is 3.59. The molecule has 0 spiro atoms. The van der Waals surface area contributed by atoms with Gasteiger partial charge in [0.2, 0.25) is 5.91 Å². The summed E-state index contributed by atoms with van der Waals surface area (Å²) >= 11 is 0. The SMILES string of the molecule is CC(=O)Nc1cccc(OCCNC(=O)NCCc2cccc(C)c2)c1. The highest BCUT2D eigenvalue weighted by atomic mass is 16.5. The van der Waals surface area contributed by atoms with Gasteiger partial charge in [0.1, 0.15) is 12.4 Å². The second kappa shape index (κ2) is 10.1. The molecule has 3 amide bonds. The van der Waals surface area contributed by atoms with Gasteiger partial charge in [-0.1, -0.05) is 35.9 Å². The number of hydrogen-bond donors (Lipinski definition) is 3. The van der Waals surface area contributed by atoms with E-state index in [1.165, 1.54) is 18.1 Å². The molecule has 138 valence electrons. The Bertz CT molecular complexity index is 747. The first kappa shape index (κ1) is 19.3. The average Bonchev–Trinajstić information content (AvgIpc) is 2.59. The summed E-state index contributed by atoms with van der Waals surface area (Å²) in [5.74, 6) is 0.504. The maximum absolute atomic E-state index is 11.8. The lowest BCUT2D eigenvalue weighted by Crippen LogP contribution is -2.38. The zero-order chi connectivity index (χ0) is 18.8. The Morgan fingerprint density at radius 1 is 1.00 bits per heavy atom. The van der Waals surface area contributed by atoms with E-state index in [9.17, 15) is 9.59 Å². The molecule has 6 nitrogen and oxygen atoms in total. The van der Waals surface area contributed by atoms with Gasteiger partial charge in [0.25, 0.3) is 0 Å². The molecule has 0 heterocycles. The molecule has 2 rings (SSSR count). The predicted octanol–water partition coefficient (Wildman–Crippen LogP) is 2.87. The van der Waals surface area contributed by atoms with Crippen LogP contribution in [0.15, 0.2) is 48.5 Å². The Morgan fingerprint density at radius 3 is 2.54 bits per heavy atom. The van der Waals surface area contributed by atoms with E-state index in [2.05, 4.69) is 41.1 Å². The summed E-state index contributed by atoms with van der Waals surface area (Å²) < 4.78 is 5.57. The van der Waals surface area contributed by atoms with Crippen molar-refractivity contribution in [3.63, 3.8) is 0 Å². The molecule has 2 aromatic carbocycles. The molecule has 0 aliphatic heterocycles. The number of nitrogens with one attached hydrogen (secondary N) is 3. The fourth-order valence-electron chi connectivity index (χ4n) is 2.45. The molecule has 0 saturated carbocycles. The van der Waals surface area contributed by atoms with Crippen molar-refractivity contribution < 1.29 is 14.3 Å². The maximum Gasteiger partial charge on any atom is 0.314 e. The van der Waals surface area contributed by atoms with Crippen molar-refractivity contribution in [1.29, 1.82) is 0 Å². The van der Waals surface area contributed by atoms with E-state index in [0.717, 1.165) is 6.42 Å². The van der Waals surface area contributed by atoms with Crippen LogP contribution >= 0.6 is 0 Å². The van der Waals surface area contributed by atoms with Crippen LogP contribution < -0.4 is 20.7 Å². The summed E-state index contributed by atoms with van der Waals surface area (Å²) in [4.78, 5) is 22.8. The van der Waals surface area contributed by atoms with Crippen molar-refractivity contribution in [2.24, 2.45) is 0 Å². The highest BCUT2D eigenvalue weighted by Gasteiger charge is 2.01. The van der Waals surface area contributed by atoms with Crippen LogP contribution in [0.2, 0.25) is 0 Å². The molecule has 26 heavy (non-hydrogen) atoms. The fraction of sp³-hybridized carbons (Fsp3) is 0.300. The van der Waals surface area contributed by atoms with Gasteiger partial charge in [-0.15, -0.1) is 0 Å². The second-order valence-corrected chi connectivity index (χ2v) is 5.98. The summed E-state index contributed by atoms with van der Waals surface area (Å²) in [6.07, 6.45) is 0.793. The number of anilines is 1. The van der Waals surface area contributed by atoms with E-state index in [4.69, 9.17) is 4.74 Å². The maximum atomic E-state index is 11.8. The fourth-order valence-corrected chi connectivity index (χ4v) is 2.45. The number of aryl methyl sites for hydroxylation is 1. The van der Waals surface area contributed by atoms with E-state index < -0.39 is 0 Å². The molecule has 0 fully saturated rings. The van der Waals surface area contributed by atoms with Gasteiger partial charge in [0, 0.05) is 25.2 Å². The molecular formula is C20H25N3O3. The van der Waals surface area contributed by atoms with E-state index >= 15 is 0 Å². The molecular weight excluding hydrogens is 330 g/mol. The van der Waals surface area contributed by atoms with Crippen LogP contribution in [0.5, 0.6) is 5.75 Å². The van der Waals surface area contributed by atoms with Gasteiger partial charge >= 0.3 is 6.03 Å². The summed E-state index contributed by atoms with van der Waals surface area (Å²) in [5, 5.41) is 8.27. The number of urea groups is 1. The van der Waals surface area contributed by atoms with Crippen LogP contribution in [0.4, 0.5) is 10.5 Å². The topological polar surface area (TPSA) is 79.5 Å². The van der Waals surface area contributed by atoms with Crippen LogP contribution in [0.1, 0.15) is 18.1 Å². The number of amides is 3. The monoisotopic (exact) mass is 355 g/mol. The van der Waals surface area contributed by atoms with Gasteiger partial charge in [-0.2, -0.15) is 0 Å². The van der Waals surface area contributed by atoms with Gasteiger partial charge in [-0.05, 0) is 31.0 Å². The zero-order valence-corrected chi connectivity index (χ0v) is 15.2. The van der Waals surface area contributed by atoms with Gasteiger partial charge < -0.3 is 20.7 Å². The molecule has 0 bridgehead atoms. The van der Waals surface area contributed by atoms with E-state index in [1.54, 1.807) is 24.3 Å². The first-order valence-corrected chi connectivity index (χ1v) is 8.60. The van der Waals surface area contributed by atoms with Gasteiger partial charge in [-0.25, -0.2) is 4.79 Å². The number of carbonyl (C=O) groups is 2. The third kappa shape index (κ3) is 7.25. The molecule has 3 N–H and O–H groups in total. The minimum absolute atomic E-state index is 0.133. The first-order chi connectivity index (χ1) is 12.5. The highest BCUT2D eigenvalue weighted by molar-refractivity contribution is 5.88. The average molecular weight is 355 g/mol. The van der Waals surface area contributed by atoms with Crippen LogP contribution in [0.25, 0.3) is 0 Å². The van der Waals surface area contributed by atoms with Gasteiger partial charge in [0.05, 0.1) is 6.54 Å². The Kier molecular flexibility index (Phi) is 7.49. The smallest absolute Gasteiger partial charge is 0.314 e. The van der Waals surface area contributed by atoms with E-state index in [-0.39, 0.29) is 11.9 Å². The number of rotatable bonds is 8. The lowest BCUT2D eigenvalue weighted by molar-refractivity contribution is -0.114. The summed E-state index contributed by atoms with van der Waals surface area (Å²) in [7, 11) is 0. The van der Waals surface area contributed by atoms with Crippen LogP contribution in [0, 0.1) is 6.92 Å². The zero-order valence-electron chi connectivity index (χ0n) is 15.2. The second-order valence-electron chi connectivity index (χ2n) is 5.98. The van der Waals surface area contributed by atoms with Crippen LogP contribution in [-0.2, 0) is 11.2 Å². The Morgan fingerprint density at radius 2 is 1.77 bits per heavy atom. The Balaban J connectivity index is 1.62. The minimum Gasteiger partial charge on any atom is -0.492 e. The first-order valence-electron chi connectivity index (χ1n) is 8.60. The molecule has 0 unspecified atom stereocenters. The molecule has 0 aliphatic rings. The van der Waals surface area contributed by atoms with Gasteiger partial charge in [-0.3, -0.25) is 4.79 Å². The van der Waals surface area contributed by atoms with Crippen molar-refractivity contribution >= 4 is 17.6 Å². The van der Waals surface area contributed by atoms with Crippen LogP contribution in [0.3, 0.4) is 0 Å². The summed E-state index contributed by atoms with van der Waals surface area (Å²) in [6.45, 7) is 4.81.